The van der Waals surface area contributed by atoms with Crippen LogP contribution in [0, 0.1) is 5.92 Å². The van der Waals surface area contributed by atoms with Crippen LogP contribution in [0.3, 0.4) is 0 Å². The van der Waals surface area contributed by atoms with E-state index < -0.39 is 6.10 Å². The second-order valence-corrected chi connectivity index (χ2v) is 6.67. The van der Waals surface area contributed by atoms with Gasteiger partial charge in [-0.1, -0.05) is 13.8 Å². The first-order valence-corrected chi connectivity index (χ1v) is 8.56. The van der Waals surface area contributed by atoms with Gasteiger partial charge in [0.2, 0.25) is 0 Å². The Bertz CT molecular complexity index is 516. The number of carbonyl (C=O) groups is 1. The fourth-order valence-corrected chi connectivity index (χ4v) is 2.27. The van der Waals surface area contributed by atoms with Crippen molar-refractivity contribution in [1.29, 1.82) is 0 Å². The third-order valence-electron chi connectivity index (χ3n) is 3.88. The molecule has 1 aromatic carbocycles. The van der Waals surface area contributed by atoms with Crippen LogP contribution in [0.25, 0.3) is 0 Å². The Kier molecular flexibility index (Phi) is 8.79. The third kappa shape index (κ3) is 7.32. The molecule has 2 atom stereocenters. The first kappa shape index (κ1) is 20.5. The number of rotatable bonds is 11. The molecule has 0 saturated carbocycles. The van der Waals surface area contributed by atoms with Gasteiger partial charge in [-0.15, -0.1) is 0 Å². The second kappa shape index (κ2) is 10.3. The summed E-state index contributed by atoms with van der Waals surface area (Å²) >= 11 is 0. The Morgan fingerprint density at radius 2 is 1.92 bits per heavy atom. The molecule has 2 N–H and O–H groups in total. The quantitative estimate of drug-likeness (QED) is 0.608. The summed E-state index contributed by atoms with van der Waals surface area (Å²) < 4.78 is 10.9. The fourth-order valence-electron chi connectivity index (χ4n) is 2.27. The van der Waals surface area contributed by atoms with Gasteiger partial charge < -0.3 is 19.9 Å². The van der Waals surface area contributed by atoms with Gasteiger partial charge in [-0.25, -0.2) is 0 Å². The van der Waals surface area contributed by atoms with Gasteiger partial charge in [0.05, 0.1) is 7.11 Å². The number of aliphatic hydroxyl groups excluding tert-OH is 1. The van der Waals surface area contributed by atoms with E-state index in [1.807, 2.05) is 0 Å². The molecule has 0 radical (unpaired) electrons. The second-order valence-electron chi connectivity index (χ2n) is 6.67. The molecule has 0 bridgehead atoms. The summed E-state index contributed by atoms with van der Waals surface area (Å²) in [6, 6.07) is 5.40. The van der Waals surface area contributed by atoms with E-state index in [0.29, 0.717) is 35.6 Å². The largest absolute Gasteiger partial charge is 0.493 e. The Hall–Kier alpha value is -1.59. The van der Waals surface area contributed by atoms with Crippen LogP contribution in [0.1, 0.15) is 50.9 Å². The molecular weight excluding hydrogens is 306 g/mol. The van der Waals surface area contributed by atoms with Crippen molar-refractivity contribution in [3.8, 4) is 11.5 Å². The molecule has 0 aliphatic carbocycles. The highest BCUT2D eigenvalue weighted by Gasteiger charge is 2.12. The molecule has 1 rings (SSSR count). The summed E-state index contributed by atoms with van der Waals surface area (Å²) in [6.45, 7) is 8.69. The summed E-state index contributed by atoms with van der Waals surface area (Å²) in [4.78, 5) is 11.4. The van der Waals surface area contributed by atoms with Gasteiger partial charge in [0.25, 0.3) is 0 Å². The lowest BCUT2D eigenvalue weighted by Gasteiger charge is -2.19. The van der Waals surface area contributed by atoms with Crippen molar-refractivity contribution < 1.29 is 19.4 Å². The van der Waals surface area contributed by atoms with Crippen LogP contribution in [0.4, 0.5) is 0 Å². The smallest absolute Gasteiger partial charge is 0.161 e. The van der Waals surface area contributed by atoms with Crippen LogP contribution in [-0.4, -0.2) is 43.3 Å². The normalized spacial score (nSPS) is 13.6. The monoisotopic (exact) mass is 337 g/mol. The lowest BCUT2D eigenvalue weighted by atomic mass is 10.0. The summed E-state index contributed by atoms with van der Waals surface area (Å²) in [5.74, 6) is 1.68. The third-order valence-corrected chi connectivity index (χ3v) is 3.88. The lowest BCUT2D eigenvalue weighted by Crippen LogP contribution is -2.36. The molecule has 0 aliphatic rings. The van der Waals surface area contributed by atoms with Crippen molar-refractivity contribution in [3.05, 3.63) is 23.8 Å². The Morgan fingerprint density at radius 1 is 1.21 bits per heavy atom. The van der Waals surface area contributed by atoms with E-state index in [1.165, 1.54) is 20.5 Å². The zero-order chi connectivity index (χ0) is 18.1. The van der Waals surface area contributed by atoms with Gasteiger partial charge >= 0.3 is 0 Å². The average Bonchev–Trinajstić information content (AvgIpc) is 2.55. The minimum Gasteiger partial charge on any atom is -0.493 e. The van der Waals surface area contributed by atoms with Crippen LogP contribution < -0.4 is 14.8 Å². The number of hydrogen-bond donors (Lipinski definition) is 2. The maximum absolute atomic E-state index is 11.4. The molecule has 0 amide bonds. The number of nitrogens with one attached hydrogen (secondary N) is 1. The highest BCUT2D eigenvalue weighted by Crippen LogP contribution is 2.28. The van der Waals surface area contributed by atoms with Crippen LogP contribution in [0.2, 0.25) is 0 Å². The number of Topliss-reactive ketones (excluding diaryl/α,β-unsaturated/α-hetero) is 1. The van der Waals surface area contributed by atoms with E-state index in [9.17, 15) is 9.90 Å². The number of aliphatic hydroxyl groups is 1. The van der Waals surface area contributed by atoms with Crippen molar-refractivity contribution >= 4 is 5.78 Å². The molecule has 5 nitrogen and oxygen atoms in total. The number of ketones is 1. The maximum Gasteiger partial charge on any atom is 0.161 e. The van der Waals surface area contributed by atoms with Gasteiger partial charge in [0.1, 0.15) is 12.7 Å². The van der Waals surface area contributed by atoms with Crippen molar-refractivity contribution in [2.45, 2.75) is 52.7 Å². The van der Waals surface area contributed by atoms with Gasteiger partial charge in [-0.2, -0.15) is 0 Å². The minimum atomic E-state index is -0.608. The lowest BCUT2D eigenvalue weighted by molar-refractivity contribution is 0.100. The summed E-state index contributed by atoms with van der Waals surface area (Å²) in [5.41, 5.74) is 0.570. The Morgan fingerprint density at radius 3 is 2.50 bits per heavy atom. The van der Waals surface area contributed by atoms with Crippen LogP contribution in [0.15, 0.2) is 18.2 Å². The first-order chi connectivity index (χ1) is 11.3. The number of ether oxygens (including phenoxy) is 2. The molecule has 0 unspecified atom stereocenters. The molecular formula is C19H31NO4. The van der Waals surface area contributed by atoms with Crippen molar-refractivity contribution in [1.82, 2.24) is 5.32 Å². The predicted molar refractivity (Wildman–Crippen MR) is 96.0 cm³/mol. The standard InChI is InChI=1S/C19H31NO4/c1-13(2)6-7-14(3)20-11-17(22)12-24-18-9-8-16(15(4)21)10-19(18)23-5/h8-10,13-14,17,20,22H,6-7,11-12H2,1-5H3/t14-,17-/m1/s1. The van der Waals surface area contributed by atoms with Crippen LogP contribution in [-0.2, 0) is 0 Å². The van der Waals surface area contributed by atoms with E-state index in [4.69, 9.17) is 9.47 Å². The van der Waals surface area contributed by atoms with E-state index in [1.54, 1.807) is 18.2 Å². The van der Waals surface area contributed by atoms with Gasteiger partial charge in [0.15, 0.2) is 17.3 Å². The Balaban J connectivity index is 2.43. The van der Waals surface area contributed by atoms with E-state index in [2.05, 4.69) is 26.1 Å². The van der Waals surface area contributed by atoms with E-state index in [0.717, 1.165) is 6.42 Å². The maximum atomic E-state index is 11.4. The zero-order valence-corrected chi connectivity index (χ0v) is 15.5. The highest BCUT2D eigenvalue weighted by atomic mass is 16.5. The molecule has 0 aromatic heterocycles. The molecule has 5 heteroatoms. The number of methoxy groups -OCH3 is 1. The summed E-state index contributed by atoms with van der Waals surface area (Å²) in [5, 5.41) is 13.4. The number of carbonyl (C=O) groups excluding carboxylic acids is 1. The highest BCUT2D eigenvalue weighted by molar-refractivity contribution is 5.94. The van der Waals surface area contributed by atoms with E-state index in [-0.39, 0.29) is 12.4 Å². The SMILES string of the molecule is COc1cc(C(C)=O)ccc1OC[C@H](O)CN[C@H](C)CCC(C)C. The van der Waals surface area contributed by atoms with Crippen molar-refractivity contribution in [2.75, 3.05) is 20.3 Å². The van der Waals surface area contributed by atoms with Crippen molar-refractivity contribution in [2.24, 2.45) is 5.92 Å². The van der Waals surface area contributed by atoms with E-state index >= 15 is 0 Å². The zero-order valence-electron chi connectivity index (χ0n) is 15.5. The predicted octanol–water partition coefficient (Wildman–Crippen LogP) is 3.05. The average molecular weight is 337 g/mol. The fraction of sp³-hybridized carbons (Fsp3) is 0.632. The van der Waals surface area contributed by atoms with Gasteiger partial charge in [0, 0.05) is 18.2 Å². The molecule has 0 aliphatic heterocycles. The topological polar surface area (TPSA) is 67.8 Å². The van der Waals surface area contributed by atoms with Crippen LogP contribution >= 0.6 is 0 Å². The molecule has 1 aromatic rings. The summed E-state index contributed by atoms with van der Waals surface area (Å²) in [6.07, 6.45) is 1.65. The minimum absolute atomic E-state index is 0.0283. The molecule has 136 valence electrons. The molecule has 0 saturated heterocycles. The summed E-state index contributed by atoms with van der Waals surface area (Å²) in [7, 11) is 1.53. The molecule has 0 fully saturated rings. The first-order valence-electron chi connectivity index (χ1n) is 8.56. The molecule has 0 spiro atoms. The Labute approximate surface area is 145 Å². The molecule has 24 heavy (non-hydrogen) atoms. The molecule has 0 heterocycles. The van der Waals surface area contributed by atoms with Crippen molar-refractivity contribution in [3.63, 3.8) is 0 Å². The number of benzene rings is 1. The number of hydrogen-bond acceptors (Lipinski definition) is 5. The van der Waals surface area contributed by atoms with Crippen LogP contribution in [0.5, 0.6) is 11.5 Å². The van der Waals surface area contributed by atoms with Gasteiger partial charge in [-0.05, 0) is 50.8 Å². The van der Waals surface area contributed by atoms with Gasteiger partial charge in [-0.3, -0.25) is 4.79 Å².